The molecule has 1 aliphatic rings. The van der Waals surface area contributed by atoms with E-state index < -0.39 is 5.60 Å². The van der Waals surface area contributed by atoms with Crippen LogP contribution >= 0.6 is 11.3 Å². The van der Waals surface area contributed by atoms with E-state index in [2.05, 4.69) is 10.6 Å². The number of amides is 2. The second-order valence-corrected chi connectivity index (χ2v) is 6.19. The number of thiophene rings is 1. The normalized spacial score (nSPS) is 17.5. The Bertz CT molecular complexity index is 416. The molecule has 20 heavy (non-hydrogen) atoms. The maximum atomic E-state index is 11.6. The summed E-state index contributed by atoms with van der Waals surface area (Å²) in [6.45, 7) is 3.69. The van der Waals surface area contributed by atoms with Crippen LogP contribution in [-0.4, -0.2) is 37.4 Å². The minimum absolute atomic E-state index is 0.179. The van der Waals surface area contributed by atoms with Crippen LogP contribution in [0.15, 0.2) is 16.8 Å². The van der Waals surface area contributed by atoms with E-state index >= 15 is 0 Å². The zero-order valence-electron chi connectivity index (χ0n) is 11.7. The second kappa shape index (κ2) is 7.06. The molecule has 5 nitrogen and oxygen atoms in total. The van der Waals surface area contributed by atoms with Crippen molar-refractivity contribution in [1.82, 2.24) is 10.6 Å². The predicted octanol–water partition coefficient (Wildman–Crippen LogP) is 1.68. The molecule has 1 atom stereocenters. The minimum Gasteiger partial charge on any atom is -0.384 e. The summed E-state index contributed by atoms with van der Waals surface area (Å²) in [4.78, 5) is 11.6. The average Bonchev–Trinajstić information content (AvgIpc) is 3.06. The highest BCUT2D eigenvalue weighted by atomic mass is 32.1. The van der Waals surface area contributed by atoms with Crippen molar-refractivity contribution >= 4 is 17.4 Å². The number of hydrogen-bond acceptors (Lipinski definition) is 4. The van der Waals surface area contributed by atoms with Crippen LogP contribution in [0, 0.1) is 5.92 Å². The van der Waals surface area contributed by atoms with Gasteiger partial charge >= 0.3 is 6.03 Å². The molecule has 1 aliphatic carbocycles. The summed E-state index contributed by atoms with van der Waals surface area (Å²) in [5, 5.41) is 19.4. The molecule has 0 aliphatic heterocycles. The van der Waals surface area contributed by atoms with Gasteiger partial charge in [0.1, 0.15) is 5.60 Å². The molecule has 6 heteroatoms. The summed E-state index contributed by atoms with van der Waals surface area (Å²) in [7, 11) is 0. The lowest BCUT2D eigenvalue weighted by Gasteiger charge is -2.22. The first-order valence-electron chi connectivity index (χ1n) is 6.92. The van der Waals surface area contributed by atoms with Crippen LogP contribution in [0.2, 0.25) is 0 Å². The van der Waals surface area contributed by atoms with Gasteiger partial charge in [-0.15, -0.1) is 0 Å². The fraction of sp³-hybridized carbons (Fsp3) is 0.643. The number of ether oxygens (including phenoxy) is 1. The first kappa shape index (κ1) is 15.3. The molecule has 0 spiro atoms. The molecular formula is C14H22N2O3S. The lowest BCUT2D eigenvalue weighted by molar-refractivity contribution is 0.0596. The van der Waals surface area contributed by atoms with E-state index in [9.17, 15) is 9.90 Å². The maximum Gasteiger partial charge on any atom is 0.314 e. The highest BCUT2D eigenvalue weighted by molar-refractivity contribution is 7.08. The Balaban J connectivity index is 1.57. The van der Waals surface area contributed by atoms with E-state index in [0.29, 0.717) is 13.2 Å². The number of carbonyl (C=O) groups excluding carboxylic acids is 1. The Morgan fingerprint density at radius 1 is 1.55 bits per heavy atom. The lowest BCUT2D eigenvalue weighted by atomic mass is 9.99. The van der Waals surface area contributed by atoms with Crippen molar-refractivity contribution < 1.29 is 14.6 Å². The van der Waals surface area contributed by atoms with Crippen LogP contribution < -0.4 is 10.6 Å². The molecule has 0 bridgehead atoms. The van der Waals surface area contributed by atoms with E-state index in [1.54, 1.807) is 6.92 Å². The standard InChI is InChI=1S/C14H22N2O3S/c1-14(18,12-4-7-20-9-12)10-16-13(17)15-5-6-19-8-11-2-3-11/h4,7,9,11,18H,2-3,5-6,8,10H2,1H3,(H2,15,16,17). The zero-order valence-corrected chi connectivity index (χ0v) is 12.5. The van der Waals surface area contributed by atoms with Gasteiger partial charge in [-0.05, 0) is 48.1 Å². The molecule has 2 rings (SSSR count). The van der Waals surface area contributed by atoms with Crippen molar-refractivity contribution in [3.8, 4) is 0 Å². The molecule has 3 N–H and O–H groups in total. The molecule has 1 saturated carbocycles. The van der Waals surface area contributed by atoms with Crippen LogP contribution in [0.4, 0.5) is 4.79 Å². The van der Waals surface area contributed by atoms with Gasteiger partial charge in [0.05, 0.1) is 13.2 Å². The van der Waals surface area contributed by atoms with Crippen LogP contribution in [0.25, 0.3) is 0 Å². The molecule has 1 fully saturated rings. The Labute approximate surface area is 123 Å². The van der Waals surface area contributed by atoms with Crippen molar-refractivity contribution in [3.63, 3.8) is 0 Å². The quantitative estimate of drug-likeness (QED) is 0.640. The second-order valence-electron chi connectivity index (χ2n) is 5.41. The topological polar surface area (TPSA) is 70.6 Å². The van der Waals surface area contributed by atoms with Gasteiger partial charge in [-0.25, -0.2) is 4.79 Å². The summed E-state index contributed by atoms with van der Waals surface area (Å²) < 4.78 is 5.42. The Hall–Kier alpha value is -1.11. The van der Waals surface area contributed by atoms with E-state index in [4.69, 9.17) is 4.74 Å². The van der Waals surface area contributed by atoms with Crippen LogP contribution in [0.1, 0.15) is 25.3 Å². The lowest BCUT2D eigenvalue weighted by Crippen LogP contribution is -2.44. The number of nitrogens with one attached hydrogen (secondary N) is 2. The van der Waals surface area contributed by atoms with Crippen LogP contribution in [0.5, 0.6) is 0 Å². The fourth-order valence-electron chi connectivity index (χ4n) is 1.76. The molecule has 1 unspecified atom stereocenters. The zero-order chi connectivity index (χ0) is 14.4. The molecule has 1 aromatic rings. The smallest absolute Gasteiger partial charge is 0.314 e. The number of urea groups is 1. The monoisotopic (exact) mass is 298 g/mol. The van der Waals surface area contributed by atoms with Crippen molar-refractivity contribution in [2.24, 2.45) is 5.92 Å². The molecule has 2 amide bonds. The van der Waals surface area contributed by atoms with Gasteiger partial charge in [0.15, 0.2) is 0 Å². The summed E-state index contributed by atoms with van der Waals surface area (Å²) >= 11 is 1.52. The Morgan fingerprint density at radius 2 is 2.35 bits per heavy atom. The Kier molecular flexibility index (Phi) is 5.39. The molecular weight excluding hydrogens is 276 g/mol. The third-order valence-electron chi connectivity index (χ3n) is 3.32. The summed E-state index contributed by atoms with van der Waals surface area (Å²) in [5.74, 6) is 0.740. The first-order chi connectivity index (χ1) is 9.58. The van der Waals surface area contributed by atoms with Gasteiger partial charge in [0.2, 0.25) is 0 Å². The largest absolute Gasteiger partial charge is 0.384 e. The third-order valence-corrected chi connectivity index (χ3v) is 4.00. The van der Waals surface area contributed by atoms with Crippen molar-refractivity contribution in [1.29, 1.82) is 0 Å². The number of rotatable bonds is 8. The van der Waals surface area contributed by atoms with Gasteiger partial charge in [-0.1, -0.05) is 0 Å². The SMILES string of the molecule is CC(O)(CNC(=O)NCCOCC1CC1)c1ccsc1. The van der Waals surface area contributed by atoms with Crippen molar-refractivity contribution in [2.45, 2.75) is 25.4 Å². The molecule has 0 saturated heterocycles. The van der Waals surface area contributed by atoms with Gasteiger partial charge in [0, 0.05) is 13.2 Å². The minimum atomic E-state index is -1.04. The highest BCUT2D eigenvalue weighted by Crippen LogP contribution is 2.28. The number of carbonyl (C=O) groups is 1. The van der Waals surface area contributed by atoms with E-state index in [1.807, 2.05) is 16.8 Å². The predicted molar refractivity (Wildman–Crippen MR) is 78.8 cm³/mol. The van der Waals surface area contributed by atoms with Gasteiger partial charge < -0.3 is 20.5 Å². The van der Waals surface area contributed by atoms with Gasteiger partial charge in [0.25, 0.3) is 0 Å². The number of aliphatic hydroxyl groups is 1. The van der Waals surface area contributed by atoms with Crippen LogP contribution in [0.3, 0.4) is 0 Å². The summed E-state index contributed by atoms with van der Waals surface area (Å²) in [6, 6.07) is 1.58. The van der Waals surface area contributed by atoms with E-state index in [-0.39, 0.29) is 12.6 Å². The highest BCUT2D eigenvalue weighted by Gasteiger charge is 2.24. The summed E-state index contributed by atoms with van der Waals surface area (Å²) in [6.07, 6.45) is 2.54. The van der Waals surface area contributed by atoms with E-state index in [1.165, 1.54) is 24.2 Å². The third kappa shape index (κ3) is 5.11. The summed E-state index contributed by atoms with van der Waals surface area (Å²) in [5.41, 5.74) is -0.227. The molecule has 112 valence electrons. The molecule has 1 aromatic heterocycles. The van der Waals surface area contributed by atoms with Gasteiger partial charge in [-0.2, -0.15) is 11.3 Å². The van der Waals surface area contributed by atoms with Crippen LogP contribution in [-0.2, 0) is 10.3 Å². The first-order valence-corrected chi connectivity index (χ1v) is 7.87. The Morgan fingerprint density at radius 3 is 3.00 bits per heavy atom. The molecule has 0 aromatic carbocycles. The van der Waals surface area contributed by atoms with Gasteiger partial charge in [-0.3, -0.25) is 0 Å². The number of hydrogen-bond donors (Lipinski definition) is 3. The molecule has 0 radical (unpaired) electrons. The fourth-order valence-corrected chi connectivity index (χ4v) is 2.54. The average molecular weight is 298 g/mol. The maximum absolute atomic E-state index is 11.6. The van der Waals surface area contributed by atoms with E-state index in [0.717, 1.165) is 18.1 Å². The molecule has 1 heterocycles. The van der Waals surface area contributed by atoms with Crippen molar-refractivity contribution in [2.75, 3.05) is 26.3 Å². The van der Waals surface area contributed by atoms with Crippen molar-refractivity contribution in [3.05, 3.63) is 22.4 Å².